The predicted molar refractivity (Wildman–Crippen MR) is 113 cm³/mol. The minimum Gasteiger partial charge on any atom is -0.465 e. The first-order chi connectivity index (χ1) is 15.0. The van der Waals surface area contributed by atoms with Crippen LogP contribution < -0.4 is 0 Å². The van der Waals surface area contributed by atoms with Gasteiger partial charge in [0.1, 0.15) is 11.3 Å². The van der Waals surface area contributed by atoms with E-state index in [-0.39, 0.29) is 11.2 Å². The van der Waals surface area contributed by atoms with Crippen molar-refractivity contribution < 1.29 is 18.7 Å². The molecule has 2 saturated heterocycles. The second-order valence-corrected chi connectivity index (χ2v) is 8.78. The Balaban J connectivity index is 1.14. The molecule has 4 aromatic rings. The number of oxazole rings is 1. The molecule has 2 aliphatic rings. The van der Waals surface area contributed by atoms with Gasteiger partial charge in [-0.1, -0.05) is 6.07 Å². The van der Waals surface area contributed by atoms with Gasteiger partial charge in [0.05, 0.1) is 0 Å². The van der Waals surface area contributed by atoms with Crippen LogP contribution in [0.5, 0.6) is 0 Å². The fourth-order valence-electron chi connectivity index (χ4n) is 5.00. The average Bonchev–Trinajstić information content (AvgIpc) is 3.27. The number of fused-ring (bicyclic) bond motifs is 2. The van der Waals surface area contributed by atoms with Crippen LogP contribution >= 0.6 is 0 Å². The van der Waals surface area contributed by atoms with Crippen molar-refractivity contribution in [1.29, 1.82) is 0 Å². The Morgan fingerprint density at radius 2 is 2.03 bits per heavy atom. The number of nitrogens with one attached hydrogen (secondary N) is 1. The van der Waals surface area contributed by atoms with Gasteiger partial charge in [-0.2, -0.15) is 0 Å². The van der Waals surface area contributed by atoms with Crippen molar-refractivity contribution in [2.24, 2.45) is 5.41 Å². The molecule has 0 saturated carbocycles. The first-order valence-corrected chi connectivity index (χ1v) is 10.3. The number of H-pyrrole nitrogens is 1. The Bertz CT molecular complexity index is 1310. The summed E-state index contributed by atoms with van der Waals surface area (Å²) in [7, 11) is 0. The molecule has 0 unspecified atom stereocenters. The van der Waals surface area contributed by atoms with Gasteiger partial charge >= 0.3 is 6.09 Å². The number of nitrogens with zero attached hydrogens (tertiary/aromatic N) is 3. The van der Waals surface area contributed by atoms with E-state index in [1.54, 1.807) is 6.07 Å². The zero-order valence-corrected chi connectivity index (χ0v) is 16.8. The fourth-order valence-corrected chi connectivity index (χ4v) is 5.00. The van der Waals surface area contributed by atoms with Crippen LogP contribution in [0.25, 0.3) is 33.1 Å². The third-order valence-electron chi connectivity index (χ3n) is 6.47. The number of hydrogen-bond acceptors (Lipinski definition) is 4. The molecule has 0 atom stereocenters. The number of carboxylic acid groups (broad SMARTS) is 1. The summed E-state index contributed by atoms with van der Waals surface area (Å²) < 4.78 is 19.5. The minimum atomic E-state index is -0.824. The van der Waals surface area contributed by atoms with E-state index in [0.29, 0.717) is 19.0 Å². The summed E-state index contributed by atoms with van der Waals surface area (Å²) in [6.45, 7) is 4.00. The van der Waals surface area contributed by atoms with Crippen LogP contribution in [-0.4, -0.2) is 63.7 Å². The quantitative estimate of drug-likeness (QED) is 0.522. The Hall–Kier alpha value is -3.39. The van der Waals surface area contributed by atoms with Crippen molar-refractivity contribution in [3.63, 3.8) is 0 Å². The zero-order chi connectivity index (χ0) is 21.2. The van der Waals surface area contributed by atoms with E-state index in [1.165, 1.54) is 17.0 Å². The smallest absolute Gasteiger partial charge is 0.407 e. The number of rotatable bonds is 4. The maximum atomic E-state index is 13.5. The molecule has 158 valence electrons. The largest absolute Gasteiger partial charge is 0.465 e. The molecule has 4 heterocycles. The first-order valence-electron chi connectivity index (χ1n) is 10.3. The van der Waals surface area contributed by atoms with E-state index < -0.39 is 6.09 Å². The van der Waals surface area contributed by atoms with Crippen molar-refractivity contribution in [2.75, 3.05) is 32.7 Å². The number of aromatic nitrogens is 2. The maximum Gasteiger partial charge on any atom is 0.407 e. The van der Waals surface area contributed by atoms with Gasteiger partial charge in [0.25, 0.3) is 0 Å². The molecule has 0 aliphatic carbocycles. The maximum absolute atomic E-state index is 13.5. The lowest BCUT2D eigenvalue weighted by molar-refractivity contribution is -0.101. The van der Waals surface area contributed by atoms with Crippen LogP contribution in [0.1, 0.15) is 5.89 Å². The highest BCUT2D eigenvalue weighted by Crippen LogP contribution is 2.39. The zero-order valence-electron chi connectivity index (χ0n) is 16.8. The van der Waals surface area contributed by atoms with E-state index in [0.717, 1.165) is 59.2 Å². The molecule has 2 fully saturated rings. The summed E-state index contributed by atoms with van der Waals surface area (Å²) in [6, 6.07) is 10.7. The fraction of sp³-hybridized carbons (Fsp3) is 0.304. The minimum absolute atomic E-state index is 0.164. The molecule has 1 amide bonds. The Morgan fingerprint density at radius 1 is 1.19 bits per heavy atom. The Labute approximate surface area is 177 Å². The monoisotopic (exact) mass is 420 g/mol. The topological polar surface area (TPSA) is 85.6 Å². The normalized spacial score (nSPS) is 17.9. The third-order valence-corrected chi connectivity index (χ3v) is 6.47. The number of carbonyl (C=O) groups is 1. The van der Waals surface area contributed by atoms with Crippen molar-refractivity contribution in [2.45, 2.75) is 6.42 Å². The van der Waals surface area contributed by atoms with Crippen molar-refractivity contribution in [1.82, 2.24) is 19.8 Å². The summed E-state index contributed by atoms with van der Waals surface area (Å²) in [5.74, 6) is 0.441. The molecule has 2 aromatic heterocycles. The molecule has 6 rings (SSSR count). The van der Waals surface area contributed by atoms with E-state index in [2.05, 4.69) is 14.9 Å². The summed E-state index contributed by atoms with van der Waals surface area (Å²) in [5, 5.41) is 9.95. The van der Waals surface area contributed by atoms with Crippen LogP contribution in [0.15, 0.2) is 47.0 Å². The van der Waals surface area contributed by atoms with E-state index in [9.17, 15) is 9.18 Å². The highest BCUT2D eigenvalue weighted by Gasteiger charge is 2.52. The van der Waals surface area contributed by atoms with Gasteiger partial charge in [-0.3, -0.25) is 0 Å². The molecule has 0 bridgehead atoms. The van der Waals surface area contributed by atoms with E-state index >= 15 is 0 Å². The molecule has 1 spiro atoms. The third kappa shape index (κ3) is 3.06. The van der Waals surface area contributed by atoms with Crippen molar-refractivity contribution in [3.05, 3.63) is 54.3 Å². The molecule has 0 radical (unpaired) electrons. The van der Waals surface area contributed by atoms with Gasteiger partial charge in [-0.25, -0.2) is 14.2 Å². The van der Waals surface area contributed by atoms with Gasteiger partial charge in [-0.05, 0) is 35.9 Å². The van der Waals surface area contributed by atoms with Crippen LogP contribution in [-0.2, 0) is 6.42 Å². The second-order valence-electron chi connectivity index (χ2n) is 8.78. The first kappa shape index (κ1) is 18.4. The number of amides is 1. The Morgan fingerprint density at radius 3 is 2.84 bits per heavy atom. The lowest BCUT2D eigenvalue weighted by Crippen LogP contribution is -2.72. The van der Waals surface area contributed by atoms with Gasteiger partial charge in [-0.15, -0.1) is 0 Å². The Kier molecular flexibility index (Phi) is 3.89. The SMILES string of the molecule is O=C(O)N1CC2(CN(CCc3nc4ccc(-c5c[nH]c6cc(F)ccc56)cc4o3)C2)C1. The number of aromatic amines is 1. The lowest BCUT2D eigenvalue weighted by atomic mass is 9.73. The highest BCUT2D eigenvalue weighted by atomic mass is 19.1. The number of halogens is 1. The van der Waals surface area contributed by atoms with Gasteiger partial charge in [0.2, 0.25) is 0 Å². The van der Waals surface area contributed by atoms with E-state index in [1.807, 2.05) is 24.4 Å². The van der Waals surface area contributed by atoms with Crippen molar-refractivity contribution in [3.8, 4) is 11.1 Å². The molecule has 7 nitrogen and oxygen atoms in total. The molecular weight excluding hydrogens is 399 g/mol. The van der Waals surface area contributed by atoms with Crippen LogP contribution in [0, 0.1) is 11.2 Å². The molecule has 31 heavy (non-hydrogen) atoms. The summed E-state index contributed by atoms with van der Waals surface area (Å²) in [4.78, 5) is 22.5. The molecule has 2 aromatic carbocycles. The average molecular weight is 420 g/mol. The number of benzene rings is 2. The highest BCUT2D eigenvalue weighted by molar-refractivity contribution is 5.97. The number of likely N-dealkylation sites (tertiary alicyclic amines) is 2. The van der Waals surface area contributed by atoms with Gasteiger partial charge in [0.15, 0.2) is 11.5 Å². The van der Waals surface area contributed by atoms with Gasteiger partial charge < -0.3 is 24.3 Å². The molecule has 8 heteroatoms. The van der Waals surface area contributed by atoms with Crippen molar-refractivity contribution >= 4 is 28.1 Å². The van der Waals surface area contributed by atoms with Crippen LogP contribution in [0.4, 0.5) is 9.18 Å². The summed E-state index contributed by atoms with van der Waals surface area (Å²) >= 11 is 0. The van der Waals surface area contributed by atoms with E-state index in [4.69, 9.17) is 9.52 Å². The summed E-state index contributed by atoms with van der Waals surface area (Å²) in [5.41, 5.74) is 4.47. The van der Waals surface area contributed by atoms with Gasteiger partial charge in [0, 0.05) is 67.2 Å². The standard InChI is InChI=1S/C23H21FN4O3/c24-15-2-3-16-17(9-25-19(16)8-15)14-1-4-18-20(7-14)31-21(26-18)5-6-27-10-23(11-27)12-28(13-23)22(29)30/h1-4,7-9,25H,5-6,10-13H2,(H,29,30). The molecule has 2 aliphatic heterocycles. The predicted octanol–water partition coefficient (Wildman–Crippen LogP) is 3.95. The van der Waals surface area contributed by atoms with Crippen LogP contribution in [0.2, 0.25) is 0 Å². The molecule has 2 N–H and O–H groups in total. The number of hydrogen-bond donors (Lipinski definition) is 2. The molecular formula is C23H21FN4O3. The van der Waals surface area contributed by atoms with Crippen LogP contribution in [0.3, 0.4) is 0 Å². The summed E-state index contributed by atoms with van der Waals surface area (Å²) in [6.07, 6.45) is 1.78. The second kappa shape index (κ2) is 6.55. The lowest BCUT2D eigenvalue weighted by Gasteiger charge is -2.59.